The summed E-state index contributed by atoms with van der Waals surface area (Å²) >= 11 is 1.52. The van der Waals surface area contributed by atoms with Crippen LogP contribution in [-0.2, 0) is 27.2 Å². The summed E-state index contributed by atoms with van der Waals surface area (Å²) in [6, 6.07) is 10.3. The van der Waals surface area contributed by atoms with Crippen LogP contribution in [0.15, 0.2) is 56.7 Å². The molecule has 1 N–H and O–H groups in total. The highest BCUT2D eigenvalue weighted by Crippen LogP contribution is 2.35. The van der Waals surface area contributed by atoms with Crippen molar-refractivity contribution in [1.82, 2.24) is 15.2 Å². The third-order valence-corrected chi connectivity index (χ3v) is 10.2. The minimum absolute atomic E-state index is 0.0197. The maximum Gasteiger partial charge on any atom is 0.420 e. The molecule has 1 aliphatic carbocycles. The van der Waals surface area contributed by atoms with Crippen LogP contribution in [0, 0.1) is 5.92 Å². The quantitative estimate of drug-likeness (QED) is 0.322. The molecule has 7 nitrogen and oxygen atoms in total. The lowest BCUT2D eigenvalue weighted by Crippen LogP contribution is -2.51. The molecule has 2 aromatic carbocycles. The fraction of sp³-hybridized carbons (Fsp3) is 0.500. The minimum atomic E-state index is -4.62. The smallest absolute Gasteiger partial charge is 0.420 e. The lowest BCUT2D eigenvalue weighted by molar-refractivity contribution is -0.136. The van der Waals surface area contributed by atoms with E-state index in [4.69, 9.17) is 4.42 Å². The van der Waals surface area contributed by atoms with Gasteiger partial charge in [0, 0.05) is 23.0 Å². The van der Waals surface area contributed by atoms with Crippen LogP contribution < -0.4 is 5.32 Å². The number of alkyl halides is 3. The molecule has 218 valence electrons. The normalized spacial score (nSPS) is 20.4. The maximum atomic E-state index is 13.4. The van der Waals surface area contributed by atoms with E-state index in [0.717, 1.165) is 17.4 Å². The number of hydrogen-bond donors (Lipinski definition) is 1. The van der Waals surface area contributed by atoms with Crippen LogP contribution in [0.4, 0.5) is 13.2 Å². The van der Waals surface area contributed by atoms with Crippen LogP contribution >= 0.6 is 11.8 Å². The monoisotopic (exact) mass is 597 g/mol. The molecule has 3 aromatic rings. The summed E-state index contributed by atoms with van der Waals surface area (Å²) in [4.78, 5) is 20.5. The zero-order chi connectivity index (χ0) is 29.2. The van der Waals surface area contributed by atoms with Crippen LogP contribution in [0.5, 0.6) is 0 Å². The molecule has 1 aromatic heterocycles. The van der Waals surface area contributed by atoms with Crippen molar-refractivity contribution >= 4 is 38.6 Å². The Morgan fingerprint density at radius 2 is 1.88 bits per heavy atom. The molecule has 1 amide bonds. The molecular formula is C28H34F3N3O4S2. The van der Waals surface area contributed by atoms with E-state index in [1.165, 1.54) is 23.9 Å². The van der Waals surface area contributed by atoms with E-state index >= 15 is 0 Å². The van der Waals surface area contributed by atoms with Crippen LogP contribution in [-0.4, -0.2) is 61.4 Å². The fourth-order valence-electron chi connectivity index (χ4n) is 5.26. The van der Waals surface area contributed by atoms with Gasteiger partial charge in [-0.2, -0.15) is 13.2 Å². The van der Waals surface area contributed by atoms with Crippen molar-refractivity contribution in [3.05, 3.63) is 53.9 Å². The van der Waals surface area contributed by atoms with Crippen molar-refractivity contribution in [3.63, 3.8) is 0 Å². The van der Waals surface area contributed by atoms with Gasteiger partial charge in [0.25, 0.3) is 0 Å². The van der Waals surface area contributed by atoms with Crippen LogP contribution in [0.3, 0.4) is 0 Å². The number of benzene rings is 2. The Hall–Kier alpha value is -2.57. The number of amides is 1. The van der Waals surface area contributed by atoms with Crippen LogP contribution in [0.2, 0.25) is 0 Å². The average molecular weight is 598 g/mol. The number of nitrogens with zero attached hydrogens (tertiary/aromatic N) is 2. The molecule has 1 heterocycles. The Kier molecular flexibility index (Phi) is 9.21. The molecular weight excluding hydrogens is 563 g/mol. The Labute approximate surface area is 236 Å². The van der Waals surface area contributed by atoms with Gasteiger partial charge >= 0.3 is 6.18 Å². The first-order valence-electron chi connectivity index (χ1n) is 13.1. The van der Waals surface area contributed by atoms with Gasteiger partial charge in [0.2, 0.25) is 11.8 Å². The van der Waals surface area contributed by atoms with Crippen molar-refractivity contribution in [3.8, 4) is 0 Å². The van der Waals surface area contributed by atoms with Gasteiger partial charge in [-0.3, -0.25) is 4.79 Å². The first-order valence-corrected chi connectivity index (χ1v) is 16.0. The standard InChI is InChI=1S/C28H34F3N3O4S2/c1-17(2)34(3)19-8-13-23(18(14-19)16-40(36,37)21-11-9-20(39-4)10-12-21)32-25(35)15-26-33-24-7-5-6-22(27(24)38-26)28(29,30)31/h5-7,9-12,17-19,23H,8,13-16H2,1-4H3,(H,32,35)/t18-,19+,23-/m0/s1. The topological polar surface area (TPSA) is 92.5 Å². The number of thioether (sulfide) groups is 1. The van der Waals surface area contributed by atoms with Crippen LogP contribution in [0.25, 0.3) is 11.1 Å². The number of para-hydroxylation sites is 1. The second kappa shape index (κ2) is 12.1. The largest absolute Gasteiger partial charge is 0.439 e. The number of hydrogen-bond acceptors (Lipinski definition) is 7. The summed E-state index contributed by atoms with van der Waals surface area (Å²) in [5.74, 6) is -1.09. The number of fused-ring (bicyclic) bond motifs is 1. The van der Waals surface area contributed by atoms with Gasteiger partial charge in [0.05, 0.1) is 10.6 Å². The van der Waals surface area contributed by atoms with E-state index in [9.17, 15) is 26.4 Å². The highest BCUT2D eigenvalue weighted by atomic mass is 32.2. The predicted molar refractivity (Wildman–Crippen MR) is 149 cm³/mol. The van der Waals surface area contributed by atoms with Gasteiger partial charge in [-0.05, 0) is 88.7 Å². The molecule has 0 bridgehead atoms. The Morgan fingerprint density at radius 1 is 1.18 bits per heavy atom. The lowest BCUT2D eigenvalue weighted by Gasteiger charge is -2.41. The van der Waals surface area contributed by atoms with E-state index in [-0.39, 0.29) is 46.5 Å². The average Bonchev–Trinajstić information content (AvgIpc) is 3.30. The summed E-state index contributed by atoms with van der Waals surface area (Å²) < 4.78 is 72.2. The van der Waals surface area contributed by atoms with Gasteiger partial charge in [-0.1, -0.05) is 6.07 Å². The summed E-state index contributed by atoms with van der Waals surface area (Å²) in [6.07, 6.45) is -1.12. The molecule has 0 radical (unpaired) electrons. The highest BCUT2D eigenvalue weighted by molar-refractivity contribution is 7.98. The van der Waals surface area contributed by atoms with E-state index in [0.29, 0.717) is 12.8 Å². The molecule has 0 unspecified atom stereocenters. The number of sulfone groups is 1. The van der Waals surface area contributed by atoms with Crippen LogP contribution in [0.1, 0.15) is 44.6 Å². The summed E-state index contributed by atoms with van der Waals surface area (Å²) in [6.45, 7) is 4.16. The lowest BCUT2D eigenvalue weighted by atomic mass is 9.81. The summed E-state index contributed by atoms with van der Waals surface area (Å²) in [5, 5.41) is 2.94. The molecule has 1 aliphatic rings. The van der Waals surface area contributed by atoms with Crippen molar-refractivity contribution in [2.24, 2.45) is 5.92 Å². The molecule has 0 aliphatic heterocycles. The molecule has 0 saturated heterocycles. The van der Waals surface area contributed by atoms with Gasteiger partial charge in [0.15, 0.2) is 15.4 Å². The maximum absolute atomic E-state index is 13.4. The predicted octanol–water partition coefficient (Wildman–Crippen LogP) is 5.58. The molecule has 3 atom stereocenters. The molecule has 0 spiro atoms. The zero-order valence-electron chi connectivity index (χ0n) is 22.9. The number of carbonyl (C=O) groups excluding carboxylic acids is 1. The van der Waals surface area contributed by atoms with Crippen molar-refractivity contribution in [2.75, 3.05) is 19.1 Å². The second-order valence-electron chi connectivity index (χ2n) is 10.6. The molecule has 4 rings (SSSR count). The third kappa shape index (κ3) is 7.01. The molecule has 12 heteroatoms. The Bertz CT molecular complexity index is 1440. The Balaban J connectivity index is 1.52. The van der Waals surface area contributed by atoms with E-state index in [2.05, 4.69) is 29.0 Å². The molecule has 1 saturated carbocycles. The van der Waals surface area contributed by atoms with E-state index in [1.54, 1.807) is 24.3 Å². The van der Waals surface area contributed by atoms with Gasteiger partial charge in [0.1, 0.15) is 17.5 Å². The van der Waals surface area contributed by atoms with E-state index < -0.39 is 39.1 Å². The number of rotatable bonds is 9. The number of nitrogens with one attached hydrogen (secondary N) is 1. The number of carbonyl (C=O) groups is 1. The highest BCUT2D eigenvalue weighted by Gasteiger charge is 2.37. The summed E-state index contributed by atoms with van der Waals surface area (Å²) in [5.41, 5.74) is -1.34. The second-order valence-corrected chi connectivity index (χ2v) is 13.5. The first-order chi connectivity index (χ1) is 18.8. The number of halogens is 3. The van der Waals surface area contributed by atoms with Gasteiger partial charge in [-0.15, -0.1) is 11.8 Å². The van der Waals surface area contributed by atoms with Crippen molar-refractivity contribution < 1.29 is 30.8 Å². The van der Waals surface area contributed by atoms with Gasteiger partial charge in [-0.25, -0.2) is 13.4 Å². The summed E-state index contributed by atoms with van der Waals surface area (Å²) in [7, 11) is -1.62. The van der Waals surface area contributed by atoms with Crippen molar-refractivity contribution in [2.45, 2.75) is 73.6 Å². The number of aromatic nitrogens is 1. The minimum Gasteiger partial charge on any atom is -0.439 e. The molecule has 1 fully saturated rings. The zero-order valence-corrected chi connectivity index (χ0v) is 24.5. The van der Waals surface area contributed by atoms with Gasteiger partial charge < -0.3 is 14.6 Å². The molecule has 40 heavy (non-hydrogen) atoms. The van der Waals surface area contributed by atoms with Crippen molar-refractivity contribution in [1.29, 1.82) is 0 Å². The number of oxazole rings is 1. The first kappa shape index (κ1) is 30.4. The third-order valence-electron chi connectivity index (χ3n) is 7.62. The Morgan fingerprint density at radius 3 is 2.50 bits per heavy atom. The SMILES string of the molecule is CSc1ccc(S(=O)(=O)C[C@@H]2C[C@H](N(C)C(C)C)CC[C@@H]2NC(=O)Cc2nc3cccc(C(F)(F)F)c3o2)cc1. The fourth-order valence-corrected chi connectivity index (χ4v) is 7.34. The van der Waals surface area contributed by atoms with E-state index in [1.807, 2.05) is 13.3 Å².